The summed E-state index contributed by atoms with van der Waals surface area (Å²) in [5.74, 6) is -6.50. The molecule has 0 radical (unpaired) electrons. The number of hydrogen-bond donors (Lipinski definition) is 10. The van der Waals surface area contributed by atoms with E-state index in [1.165, 1.54) is 4.90 Å². The van der Waals surface area contributed by atoms with Gasteiger partial charge in [-0.05, 0) is 87.3 Å². The highest BCUT2D eigenvalue weighted by Gasteiger charge is 2.43. The maximum atomic E-state index is 14.7. The molecule has 2 aromatic carbocycles. The first kappa shape index (κ1) is 51.2. The first-order valence-corrected chi connectivity index (χ1v) is 23.8. The van der Waals surface area contributed by atoms with E-state index in [0.29, 0.717) is 32.1 Å². The van der Waals surface area contributed by atoms with Crippen molar-refractivity contribution in [2.45, 2.75) is 126 Å². The number of carboxylic acid groups (broad SMARTS) is 1. The van der Waals surface area contributed by atoms with Crippen LogP contribution in [0.4, 0.5) is 0 Å². The third kappa shape index (κ3) is 14.7. The molecule has 1 saturated carbocycles. The molecule has 0 bridgehead atoms. The van der Waals surface area contributed by atoms with Gasteiger partial charge in [0.05, 0.1) is 30.8 Å². The zero-order valence-corrected chi connectivity index (χ0v) is 38.4. The number of fused-ring (bicyclic) bond motifs is 2. The van der Waals surface area contributed by atoms with Crippen LogP contribution in [0.5, 0.6) is 0 Å². The highest BCUT2D eigenvalue weighted by molar-refractivity contribution is 5.97. The van der Waals surface area contributed by atoms with Crippen molar-refractivity contribution in [3.63, 3.8) is 0 Å². The van der Waals surface area contributed by atoms with Crippen LogP contribution in [0, 0.1) is 17.8 Å². The molecule has 2 saturated heterocycles. The fourth-order valence-electron chi connectivity index (χ4n) is 9.85. The number of benzene rings is 2. The molecule has 68 heavy (non-hydrogen) atoms. The maximum Gasteiger partial charge on any atom is 0.317 e. The summed E-state index contributed by atoms with van der Waals surface area (Å²) in [6.45, 7) is -0.496. The van der Waals surface area contributed by atoms with Gasteiger partial charge in [-0.1, -0.05) is 48.5 Å². The van der Waals surface area contributed by atoms with Crippen molar-refractivity contribution in [3.05, 3.63) is 71.9 Å². The van der Waals surface area contributed by atoms with Crippen molar-refractivity contribution in [2.75, 3.05) is 26.2 Å². The molecule has 3 aliphatic rings. The number of aromatic nitrogens is 1. The van der Waals surface area contributed by atoms with Gasteiger partial charge < -0.3 is 52.6 Å². The van der Waals surface area contributed by atoms with Crippen molar-refractivity contribution in [1.29, 1.82) is 0 Å². The summed E-state index contributed by atoms with van der Waals surface area (Å²) in [5.41, 5.74) is 13.4. The maximum absolute atomic E-state index is 14.7. The highest BCUT2D eigenvalue weighted by atomic mass is 16.4. The molecular formula is C49H67N9O10. The van der Waals surface area contributed by atoms with Crippen molar-refractivity contribution in [1.82, 2.24) is 31.2 Å². The second-order valence-corrected chi connectivity index (χ2v) is 18.6. The van der Waals surface area contributed by atoms with Crippen LogP contribution >= 0.6 is 0 Å². The second kappa shape index (κ2) is 24.7. The molecule has 4 amide bonds. The Labute approximate surface area is 395 Å². The molecule has 19 nitrogen and oxygen atoms in total. The van der Waals surface area contributed by atoms with Gasteiger partial charge in [-0.2, -0.15) is 0 Å². The summed E-state index contributed by atoms with van der Waals surface area (Å²) in [4.78, 5) is 107. The number of aliphatic imine (C=N–C) groups is 1. The number of hydrogen-bond acceptors (Lipinski definition) is 11. The Kier molecular flexibility index (Phi) is 18.6. The molecular weight excluding hydrogens is 875 g/mol. The van der Waals surface area contributed by atoms with E-state index in [2.05, 4.69) is 31.2 Å². The molecule has 19 heteroatoms. The molecule has 12 N–H and O–H groups in total. The number of rotatable bonds is 16. The lowest BCUT2D eigenvalue weighted by Crippen LogP contribution is -2.55. The predicted molar refractivity (Wildman–Crippen MR) is 253 cm³/mol. The van der Waals surface area contributed by atoms with Crippen molar-refractivity contribution >= 4 is 58.0 Å². The number of carbonyl (C=O) groups excluding carboxylic acids is 6. The van der Waals surface area contributed by atoms with E-state index < -0.39 is 95.9 Å². The number of ketones is 2. The number of aliphatic hydroxyl groups excluding tert-OH is 2. The molecule has 0 spiro atoms. The van der Waals surface area contributed by atoms with E-state index in [1.54, 1.807) is 30.5 Å². The zero-order valence-electron chi connectivity index (χ0n) is 38.4. The SMILES string of the molecule is NC(N)=NCCC[C@@H]1NC(=O)[C@H](Cc2c[nH]c3ccccc23)NC(=O)[C@@H](CC2CCC(O)CC2)CC(=O)[C@@H]2C[C@@H](O)CN2C(=O)[C@@H](CC(=O)[C@H](Cc2ccccc2)NCC(=O)O)CCCNC1=O. The molecule has 3 heterocycles. The molecule has 7 atom stereocenters. The number of guanidine groups is 1. The lowest BCUT2D eigenvalue weighted by Gasteiger charge is -2.32. The van der Waals surface area contributed by atoms with Crippen LogP contribution in [-0.2, 0) is 46.4 Å². The number of nitrogens with two attached hydrogens (primary N) is 2. The minimum Gasteiger partial charge on any atom is -0.480 e. The standard InChI is InChI=1S/C49H67N9O10/c50-49(51)53-19-7-13-38-46(66)52-18-6-10-31(23-42(61)39(55-27-44(63)64)21-29-8-2-1-3-9-29)48(68)58-28-35(60)25-41(58)43(62)24-32(20-30-14-16-34(59)17-15-30)45(65)57-40(47(67)56-38)22-33-26-54-37-12-5-4-11-36(33)37/h1-5,8-9,11-12,26,30-32,34-35,38-41,54-55,59-60H,6-7,10,13-25,27-28H2,(H,52,66)(H,56,67)(H,57,65)(H,63,64)(H4,50,51,53)/t30?,31-,32+,34?,35-,38+,39+,40+,41+/m1/s1. The smallest absolute Gasteiger partial charge is 0.317 e. The average molecular weight is 942 g/mol. The molecule has 1 aromatic heterocycles. The Morgan fingerprint density at radius 2 is 1.57 bits per heavy atom. The molecule has 0 unspecified atom stereocenters. The summed E-state index contributed by atoms with van der Waals surface area (Å²) in [5, 5.41) is 43.1. The number of Topliss-reactive ketones (excluding diaryl/α,β-unsaturated/α-hetero) is 2. The highest BCUT2D eigenvalue weighted by Crippen LogP contribution is 2.33. The quantitative estimate of drug-likeness (QED) is 0.0545. The number of aromatic amines is 1. The van der Waals surface area contributed by atoms with E-state index in [1.807, 2.05) is 30.3 Å². The minimum absolute atomic E-state index is 0.0279. The summed E-state index contributed by atoms with van der Waals surface area (Å²) in [6, 6.07) is 12.1. The Morgan fingerprint density at radius 1 is 0.853 bits per heavy atom. The lowest BCUT2D eigenvalue weighted by atomic mass is 9.79. The number of amides is 4. The minimum atomic E-state index is -1.19. The number of nitrogens with zero attached hydrogens (tertiary/aromatic N) is 2. The topological polar surface area (TPSA) is 312 Å². The number of carboxylic acids is 1. The second-order valence-electron chi connectivity index (χ2n) is 18.6. The Bertz CT molecular complexity index is 2260. The van der Waals surface area contributed by atoms with Crippen LogP contribution < -0.4 is 32.7 Å². The normalized spacial score (nSPS) is 26.1. The molecule has 3 aromatic rings. The summed E-state index contributed by atoms with van der Waals surface area (Å²) in [6.07, 6.45) is 2.91. The third-order valence-corrected chi connectivity index (χ3v) is 13.5. The van der Waals surface area contributed by atoms with E-state index in [-0.39, 0.29) is 89.3 Å². The van der Waals surface area contributed by atoms with Crippen LogP contribution in [0.1, 0.15) is 88.2 Å². The number of aliphatic carboxylic acids is 1. The van der Waals surface area contributed by atoms with Crippen LogP contribution in [0.2, 0.25) is 0 Å². The van der Waals surface area contributed by atoms with Gasteiger partial charge in [0, 0.05) is 74.3 Å². The fourth-order valence-corrected chi connectivity index (χ4v) is 9.85. The number of H-pyrrole nitrogens is 1. The molecule has 3 fully saturated rings. The van der Waals surface area contributed by atoms with Crippen LogP contribution in [-0.4, -0.2) is 135 Å². The van der Waals surface area contributed by atoms with E-state index in [0.717, 1.165) is 22.0 Å². The lowest BCUT2D eigenvalue weighted by molar-refractivity contribution is -0.144. The zero-order chi connectivity index (χ0) is 48.7. The Morgan fingerprint density at radius 3 is 2.31 bits per heavy atom. The van der Waals surface area contributed by atoms with E-state index in [9.17, 15) is 48.9 Å². The molecule has 2 aliphatic heterocycles. The molecule has 6 rings (SSSR count). The van der Waals surface area contributed by atoms with Gasteiger partial charge in [0.2, 0.25) is 23.6 Å². The van der Waals surface area contributed by atoms with Gasteiger partial charge in [0.1, 0.15) is 12.1 Å². The van der Waals surface area contributed by atoms with Crippen molar-refractivity contribution in [3.8, 4) is 0 Å². The Hall–Kier alpha value is -6.18. The van der Waals surface area contributed by atoms with Crippen LogP contribution in [0.15, 0.2) is 65.8 Å². The molecule has 1 aliphatic carbocycles. The van der Waals surface area contributed by atoms with Crippen molar-refractivity contribution < 1.29 is 48.9 Å². The summed E-state index contributed by atoms with van der Waals surface area (Å²) < 4.78 is 0. The number of nitrogens with one attached hydrogen (secondary N) is 5. The summed E-state index contributed by atoms with van der Waals surface area (Å²) in [7, 11) is 0. The average Bonchev–Trinajstić information content (AvgIpc) is 3.92. The first-order chi connectivity index (χ1) is 32.6. The number of para-hydroxylation sites is 1. The van der Waals surface area contributed by atoms with E-state index >= 15 is 0 Å². The van der Waals surface area contributed by atoms with Gasteiger partial charge in [-0.15, -0.1) is 0 Å². The van der Waals surface area contributed by atoms with Crippen LogP contribution in [0.3, 0.4) is 0 Å². The van der Waals surface area contributed by atoms with Crippen molar-refractivity contribution in [2.24, 2.45) is 34.2 Å². The van der Waals surface area contributed by atoms with Gasteiger partial charge in [0.25, 0.3) is 0 Å². The fraction of sp³-hybridized carbons (Fsp3) is 0.551. The number of aliphatic hydroxyl groups is 2. The third-order valence-electron chi connectivity index (χ3n) is 13.5. The van der Waals surface area contributed by atoms with Gasteiger partial charge in [-0.3, -0.25) is 43.9 Å². The predicted octanol–water partition coefficient (Wildman–Crippen LogP) is 0.983. The molecule has 368 valence electrons. The van der Waals surface area contributed by atoms with Gasteiger partial charge in [0.15, 0.2) is 17.5 Å². The summed E-state index contributed by atoms with van der Waals surface area (Å²) >= 11 is 0. The Balaban J connectivity index is 1.33. The van der Waals surface area contributed by atoms with E-state index in [4.69, 9.17) is 11.5 Å². The van der Waals surface area contributed by atoms with Crippen LogP contribution in [0.25, 0.3) is 10.9 Å². The monoisotopic (exact) mass is 942 g/mol. The van der Waals surface area contributed by atoms with Gasteiger partial charge in [-0.25, -0.2) is 0 Å². The first-order valence-electron chi connectivity index (χ1n) is 23.8. The van der Waals surface area contributed by atoms with Gasteiger partial charge >= 0.3 is 5.97 Å². The number of carbonyl (C=O) groups is 7. The largest absolute Gasteiger partial charge is 0.480 e.